The van der Waals surface area contributed by atoms with Crippen molar-refractivity contribution in [3.8, 4) is 5.75 Å². The second-order valence-corrected chi connectivity index (χ2v) is 6.75. The minimum Gasteiger partial charge on any atom is -0.335 e. The Hall–Kier alpha value is -1.66. The van der Waals surface area contributed by atoms with Gasteiger partial charge in [-0.25, -0.2) is 4.39 Å². The van der Waals surface area contributed by atoms with E-state index in [0.717, 1.165) is 36.8 Å². The predicted molar refractivity (Wildman–Crippen MR) is 91.3 cm³/mol. The van der Waals surface area contributed by atoms with Crippen molar-refractivity contribution in [2.45, 2.75) is 45.6 Å². The van der Waals surface area contributed by atoms with Crippen molar-refractivity contribution in [3.05, 3.63) is 23.5 Å². The monoisotopic (exact) mass is 339 g/mol. The third kappa shape index (κ3) is 4.05. The Bertz CT molecular complexity index is 586. The van der Waals surface area contributed by atoms with Gasteiger partial charge in [-0.2, -0.15) is 4.89 Å². The van der Waals surface area contributed by atoms with Gasteiger partial charge >= 0.3 is 0 Å². The number of benzene rings is 1. The van der Waals surface area contributed by atoms with Gasteiger partial charge in [0.2, 0.25) is 0 Å². The Morgan fingerprint density at radius 2 is 2.00 bits per heavy atom. The largest absolute Gasteiger partial charge is 0.335 e. The number of halogens is 1. The number of hydrogen-bond donors (Lipinski definition) is 1. The summed E-state index contributed by atoms with van der Waals surface area (Å²) in [6, 6.07) is 2.45. The number of nitrogens with one attached hydrogen (secondary N) is 1. The topological polar surface area (TPSA) is 47.6 Å². The quantitative estimate of drug-likeness (QED) is 0.491. The van der Waals surface area contributed by atoms with Crippen LogP contribution in [0.3, 0.4) is 0 Å². The highest BCUT2D eigenvalue weighted by molar-refractivity contribution is 5.96. The van der Waals surface area contributed by atoms with Gasteiger partial charge in [-0.15, -0.1) is 0 Å². The van der Waals surface area contributed by atoms with Crippen molar-refractivity contribution in [2.24, 2.45) is 0 Å². The fourth-order valence-electron chi connectivity index (χ4n) is 3.69. The molecule has 134 valence electrons. The highest BCUT2D eigenvalue weighted by atomic mass is 19.1. The molecule has 5 nitrogen and oxygen atoms in total. The number of carbonyl (C=O) groups excluding carboxylic acids is 1. The molecule has 0 bridgehead atoms. The van der Waals surface area contributed by atoms with E-state index in [-0.39, 0.29) is 17.7 Å². The van der Waals surface area contributed by atoms with Crippen LogP contribution in [0.4, 0.5) is 10.1 Å². The number of rotatable bonds is 6. The molecule has 2 rings (SSSR count). The summed E-state index contributed by atoms with van der Waals surface area (Å²) in [4.78, 5) is 22.6. The van der Waals surface area contributed by atoms with Crippen LogP contribution in [0.25, 0.3) is 0 Å². The number of hydrogen-bond acceptors (Lipinski definition) is 3. The van der Waals surface area contributed by atoms with Crippen LogP contribution in [0.5, 0.6) is 5.75 Å². The van der Waals surface area contributed by atoms with Gasteiger partial charge in [0.15, 0.2) is 11.8 Å². The van der Waals surface area contributed by atoms with Crippen molar-refractivity contribution in [1.29, 1.82) is 0 Å². The number of nitrogens with zero attached hydrogens (tertiary/aromatic N) is 1. The van der Waals surface area contributed by atoms with E-state index >= 15 is 0 Å². The summed E-state index contributed by atoms with van der Waals surface area (Å²) >= 11 is 0. The number of likely N-dealkylation sites (tertiary alicyclic amines) is 1. The van der Waals surface area contributed by atoms with E-state index in [2.05, 4.69) is 17.3 Å². The van der Waals surface area contributed by atoms with E-state index in [1.807, 2.05) is 6.92 Å². The Balaban J connectivity index is 2.24. The molecule has 1 aromatic rings. The third-order valence-electron chi connectivity index (χ3n) is 4.97. The number of quaternary nitrogens is 1. The van der Waals surface area contributed by atoms with Crippen LogP contribution >= 0.6 is 0 Å². The van der Waals surface area contributed by atoms with Gasteiger partial charge < -0.3 is 14.7 Å². The molecule has 0 spiro atoms. The second-order valence-electron chi connectivity index (χ2n) is 6.75. The second kappa shape index (κ2) is 7.94. The maximum Gasteiger partial charge on any atom is 0.282 e. The summed E-state index contributed by atoms with van der Waals surface area (Å²) in [6.07, 6.45) is 4.28. The molecule has 1 aliphatic heterocycles. The molecule has 1 heterocycles. The molecule has 1 atom stereocenters. The third-order valence-corrected chi connectivity index (χ3v) is 4.97. The molecule has 1 fully saturated rings. The molecule has 6 heteroatoms. The Labute approximate surface area is 143 Å². The molecule has 1 unspecified atom stereocenters. The normalized spacial score (nSPS) is 18.0. The van der Waals surface area contributed by atoms with Crippen molar-refractivity contribution in [2.75, 3.05) is 32.6 Å². The summed E-state index contributed by atoms with van der Waals surface area (Å²) in [6.45, 7) is 5.79. The summed E-state index contributed by atoms with van der Waals surface area (Å²) in [7, 11) is 3.50. The zero-order valence-corrected chi connectivity index (χ0v) is 15.0. The van der Waals surface area contributed by atoms with Gasteiger partial charge in [0, 0.05) is 12.5 Å². The van der Waals surface area contributed by atoms with Crippen LogP contribution in [0, 0.1) is 12.7 Å². The summed E-state index contributed by atoms with van der Waals surface area (Å²) < 4.78 is 14.3. The molecule has 1 saturated heterocycles. The molecule has 1 aromatic carbocycles. The molecular formula is C18H28FN2O3+. The molecule has 1 N–H and O–H groups in total. The Morgan fingerprint density at radius 1 is 1.33 bits per heavy atom. The Morgan fingerprint density at radius 3 is 2.58 bits per heavy atom. The molecule has 0 aromatic heterocycles. The first kappa shape index (κ1) is 18.7. The number of amides is 1. The van der Waals surface area contributed by atoms with Crippen molar-refractivity contribution < 1.29 is 23.4 Å². The minimum absolute atomic E-state index is 0.0578. The van der Waals surface area contributed by atoms with Gasteiger partial charge in [-0.1, -0.05) is 6.92 Å². The summed E-state index contributed by atoms with van der Waals surface area (Å²) in [5, 5.41) is 2.94. The first-order valence-corrected chi connectivity index (χ1v) is 8.57. The lowest BCUT2D eigenvalue weighted by Gasteiger charge is -2.43. The fourth-order valence-corrected chi connectivity index (χ4v) is 3.69. The SMILES string of the molecule is CCC(C(=O)Nc1c(C)cc(F)cc1OOC)[N+]1(C)CCCCC1. The number of piperidine rings is 1. The summed E-state index contributed by atoms with van der Waals surface area (Å²) in [5.41, 5.74) is 1.07. The van der Waals surface area contributed by atoms with Crippen LogP contribution in [0.2, 0.25) is 0 Å². The van der Waals surface area contributed by atoms with Gasteiger partial charge in [-0.05, 0) is 37.8 Å². The van der Waals surface area contributed by atoms with Crippen molar-refractivity contribution in [1.82, 2.24) is 0 Å². The number of aryl methyl sites for hydroxylation is 1. The number of carbonyl (C=O) groups is 1. The fraction of sp³-hybridized carbons (Fsp3) is 0.611. The number of likely N-dealkylation sites (N-methyl/N-ethyl adjacent to an activating group) is 1. The smallest absolute Gasteiger partial charge is 0.282 e. The average Bonchev–Trinajstić information content (AvgIpc) is 2.52. The van der Waals surface area contributed by atoms with Crippen molar-refractivity contribution in [3.63, 3.8) is 0 Å². The molecule has 24 heavy (non-hydrogen) atoms. The van der Waals surface area contributed by atoms with Crippen molar-refractivity contribution >= 4 is 11.6 Å². The maximum atomic E-state index is 13.6. The lowest BCUT2D eigenvalue weighted by molar-refractivity contribution is -0.928. The highest BCUT2D eigenvalue weighted by Crippen LogP contribution is 2.31. The van der Waals surface area contributed by atoms with E-state index in [1.54, 1.807) is 6.92 Å². The first-order valence-electron chi connectivity index (χ1n) is 8.57. The molecule has 0 radical (unpaired) electrons. The lowest BCUT2D eigenvalue weighted by Crippen LogP contribution is -2.59. The van der Waals surface area contributed by atoms with Gasteiger partial charge in [0.25, 0.3) is 5.91 Å². The zero-order chi connectivity index (χ0) is 17.7. The van der Waals surface area contributed by atoms with E-state index in [1.165, 1.54) is 25.7 Å². The van der Waals surface area contributed by atoms with E-state index < -0.39 is 5.82 Å². The summed E-state index contributed by atoms with van der Waals surface area (Å²) in [5.74, 6) is -0.309. The molecular weight excluding hydrogens is 311 g/mol. The predicted octanol–water partition coefficient (Wildman–Crippen LogP) is 3.42. The average molecular weight is 339 g/mol. The minimum atomic E-state index is -0.431. The van der Waals surface area contributed by atoms with Gasteiger partial charge in [-0.3, -0.25) is 4.79 Å². The van der Waals surface area contributed by atoms with E-state index in [4.69, 9.17) is 4.89 Å². The van der Waals surface area contributed by atoms with E-state index in [9.17, 15) is 9.18 Å². The van der Waals surface area contributed by atoms with Crippen LogP contribution in [-0.4, -0.2) is 43.7 Å². The highest BCUT2D eigenvalue weighted by Gasteiger charge is 2.38. The van der Waals surface area contributed by atoms with Crippen LogP contribution in [0.1, 0.15) is 38.2 Å². The van der Waals surface area contributed by atoms with Crippen LogP contribution in [-0.2, 0) is 9.68 Å². The maximum absolute atomic E-state index is 13.6. The number of anilines is 1. The van der Waals surface area contributed by atoms with E-state index in [0.29, 0.717) is 11.3 Å². The first-order chi connectivity index (χ1) is 11.4. The lowest BCUT2D eigenvalue weighted by atomic mass is 10.0. The molecule has 0 aliphatic carbocycles. The van der Waals surface area contributed by atoms with Gasteiger partial charge in [0.05, 0.1) is 32.9 Å². The molecule has 1 amide bonds. The molecule has 1 aliphatic rings. The Kier molecular flexibility index (Phi) is 6.18. The zero-order valence-electron chi connectivity index (χ0n) is 15.0. The van der Waals surface area contributed by atoms with Crippen LogP contribution in [0.15, 0.2) is 12.1 Å². The van der Waals surface area contributed by atoms with Crippen LogP contribution < -0.4 is 10.2 Å². The standard InChI is InChI=1S/C18H27FN2O3/c1-5-15(21(3)9-7-6-8-10-21)18(22)20-17-13(2)11-14(19)12-16(17)24-23-4/h11-12,15H,5-10H2,1-4H3/p+1. The van der Waals surface area contributed by atoms with Gasteiger partial charge in [0.1, 0.15) is 5.82 Å². The molecule has 0 saturated carbocycles.